The van der Waals surface area contributed by atoms with Crippen molar-refractivity contribution in [2.24, 2.45) is 0 Å². The van der Waals surface area contributed by atoms with E-state index >= 15 is 0 Å². The third-order valence-corrected chi connectivity index (χ3v) is 3.88. The average molecular weight is 355 g/mol. The van der Waals surface area contributed by atoms with Crippen LogP contribution in [-0.2, 0) is 0 Å². The van der Waals surface area contributed by atoms with Gasteiger partial charge in [0, 0.05) is 16.0 Å². The third-order valence-electron chi connectivity index (χ3n) is 3.22. The zero-order chi connectivity index (χ0) is 15.7. The van der Waals surface area contributed by atoms with Crippen molar-refractivity contribution >= 4 is 21.7 Å². The minimum Gasteiger partial charge on any atom is -0.493 e. The molecule has 114 valence electrons. The molecule has 0 saturated heterocycles. The Labute approximate surface area is 132 Å². The molecule has 4 N–H and O–H groups in total. The first-order valence-electron chi connectivity index (χ1n) is 6.45. The van der Waals surface area contributed by atoms with Gasteiger partial charge in [0.15, 0.2) is 17.3 Å². The molecule has 7 heteroatoms. The maximum atomic E-state index is 6.09. The first kappa shape index (κ1) is 15.5. The highest BCUT2D eigenvalue weighted by molar-refractivity contribution is 9.10. The Hall–Kier alpha value is -1.89. The van der Waals surface area contributed by atoms with Gasteiger partial charge in [-0.3, -0.25) is 0 Å². The Balaban J connectivity index is 2.64. The van der Waals surface area contributed by atoms with Gasteiger partial charge in [-0.15, -0.1) is 0 Å². The van der Waals surface area contributed by atoms with Crippen molar-refractivity contribution in [1.29, 1.82) is 0 Å². The quantitative estimate of drug-likeness (QED) is 0.824. The van der Waals surface area contributed by atoms with E-state index in [1.54, 1.807) is 14.2 Å². The minimum absolute atomic E-state index is 0.171. The lowest BCUT2D eigenvalue weighted by molar-refractivity contribution is 0.355. The van der Waals surface area contributed by atoms with Gasteiger partial charge in [0.1, 0.15) is 11.5 Å². The summed E-state index contributed by atoms with van der Waals surface area (Å²) in [5.41, 5.74) is 7.51. The number of nitrogens with two attached hydrogens (primary N) is 2. The molecule has 2 rings (SSSR count). The molecule has 0 aliphatic rings. The first-order valence-corrected chi connectivity index (χ1v) is 7.25. The molecule has 1 heterocycles. The number of rotatable bonds is 4. The van der Waals surface area contributed by atoms with Crippen LogP contribution in [0.25, 0.3) is 11.3 Å². The van der Waals surface area contributed by atoms with E-state index in [1.807, 2.05) is 26.0 Å². The van der Waals surface area contributed by atoms with Gasteiger partial charge in [-0.2, -0.15) is 0 Å². The summed E-state index contributed by atoms with van der Waals surface area (Å²) in [5, 5.41) is 0. The van der Waals surface area contributed by atoms with Crippen molar-refractivity contribution in [3.63, 3.8) is 0 Å². The molecule has 1 aromatic heterocycles. The second-order valence-electron chi connectivity index (χ2n) is 4.92. The summed E-state index contributed by atoms with van der Waals surface area (Å²) < 4.78 is 12.8. The zero-order valence-electron chi connectivity index (χ0n) is 12.5. The fourth-order valence-electron chi connectivity index (χ4n) is 2.10. The maximum absolute atomic E-state index is 6.09. The van der Waals surface area contributed by atoms with E-state index in [4.69, 9.17) is 21.1 Å². The number of hydrogen-bond acceptors (Lipinski definition) is 5. The van der Waals surface area contributed by atoms with Crippen LogP contribution in [0.4, 0.5) is 5.82 Å². The van der Waals surface area contributed by atoms with Crippen LogP contribution >= 0.6 is 15.9 Å². The number of hydrogen-bond donors (Lipinski definition) is 2. The molecule has 2 aromatic rings. The Morgan fingerprint density at radius 2 is 1.76 bits per heavy atom. The van der Waals surface area contributed by atoms with Crippen LogP contribution in [0, 0.1) is 0 Å². The Morgan fingerprint density at radius 3 is 2.24 bits per heavy atom. The van der Waals surface area contributed by atoms with Crippen molar-refractivity contribution < 1.29 is 9.47 Å². The van der Waals surface area contributed by atoms with Crippen molar-refractivity contribution in [1.82, 2.24) is 9.66 Å². The lowest BCUT2D eigenvalue weighted by Gasteiger charge is -2.11. The Kier molecular flexibility index (Phi) is 4.32. The molecule has 0 aliphatic carbocycles. The van der Waals surface area contributed by atoms with Crippen molar-refractivity contribution in [3.8, 4) is 22.8 Å². The molecule has 0 unspecified atom stereocenters. The van der Waals surface area contributed by atoms with E-state index in [9.17, 15) is 0 Å². The van der Waals surface area contributed by atoms with Gasteiger partial charge in [-0.1, -0.05) is 13.8 Å². The van der Waals surface area contributed by atoms with Crippen molar-refractivity contribution in [2.45, 2.75) is 19.8 Å². The van der Waals surface area contributed by atoms with Gasteiger partial charge < -0.3 is 21.1 Å². The predicted molar refractivity (Wildman–Crippen MR) is 87.1 cm³/mol. The minimum atomic E-state index is 0.171. The van der Waals surface area contributed by atoms with E-state index in [-0.39, 0.29) is 5.92 Å². The Morgan fingerprint density at radius 1 is 1.19 bits per heavy atom. The SMILES string of the molecule is COc1cc(Br)c(-c2nc(C(C)C)n(N)c2N)cc1OC. The lowest BCUT2D eigenvalue weighted by Crippen LogP contribution is -2.16. The molecule has 21 heavy (non-hydrogen) atoms. The number of benzene rings is 1. The number of anilines is 1. The summed E-state index contributed by atoms with van der Waals surface area (Å²) in [6.45, 7) is 4.02. The standard InChI is InChI=1S/C14H19BrN4O2/c1-7(2)14-18-12(13(16)19(14)17)8-5-10(20-3)11(21-4)6-9(8)15/h5-7H,16-17H2,1-4H3. The molecule has 0 radical (unpaired) electrons. The van der Waals surface area contributed by atoms with Crippen LogP contribution in [0.1, 0.15) is 25.6 Å². The van der Waals surface area contributed by atoms with E-state index in [0.717, 1.165) is 15.9 Å². The number of nitrogen functional groups attached to an aromatic ring is 2. The van der Waals surface area contributed by atoms with Crippen LogP contribution in [0.15, 0.2) is 16.6 Å². The van der Waals surface area contributed by atoms with Crippen LogP contribution in [0.2, 0.25) is 0 Å². The lowest BCUT2D eigenvalue weighted by atomic mass is 10.1. The monoisotopic (exact) mass is 354 g/mol. The van der Waals surface area contributed by atoms with Crippen LogP contribution in [-0.4, -0.2) is 23.9 Å². The predicted octanol–water partition coefficient (Wildman–Crippen LogP) is 2.75. The maximum Gasteiger partial charge on any atom is 0.161 e. The number of ether oxygens (including phenoxy) is 2. The third kappa shape index (κ3) is 2.65. The highest BCUT2D eigenvalue weighted by atomic mass is 79.9. The summed E-state index contributed by atoms with van der Waals surface area (Å²) in [6.07, 6.45) is 0. The molecule has 0 atom stereocenters. The van der Waals surface area contributed by atoms with Crippen molar-refractivity contribution in [2.75, 3.05) is 25.8 Å². The molecule has 1 aromatic carbocycles. The molecule has 0 spiro atoms. The van der Waals surface area contributed by atoms with E-state index < -0.39 is 0 Å². The van der Waals surface area contributed by atoms with Gasteiger partial charge in [0.2, 0.25) is 0 Å². The molecular weight excluding hydrogens is 336 g/mol. The second-order valence-corrected chi connectivity index (χ2v) is 5.77. The smallest absolute Gasteiger partial charge is 0.161 e. The number of imidazole rings is 1. The number of methoxy groups -OCH3 is 2. The van der Waals surface area contributed by atoms with Gasteiger partial charge in [0.25, 0.3) is 0 Å². The topological polar surface area (TPSA) is 88.3 Å². The largest absolute Gasteiger partial charge is 0.493 e. The highest BCUT2D eigenvalue weighted by Gasteiger charge is 2.20. The molecule has 0 fully saturated rings. The average Bonchev–Trinajstić information content (AvgIpc) is 2.75. The summed E-state index contributed by atoms with van der Waals surface area (Å²) in [5.74, 6) is 8.51. The van der Waals surface area contributed by atoms with E-state index in [1.165, 1.54) is 4.68 Å². The van der Waals surface area contributed by atoms with Crippen LogP contribution in [0.3, 0.4) is 0 Å². The number of aromatic nitrogens is 2. The molecule has 0 aliphatic heterocycles. The fraction of sp³-hybridized carbons (Fsp3) is 0.357. The van der Waals surface area contributed by atoms with Crippen molar-refractivity contribution in [3.05, 3.63) is 22.4 Å². The van der Waals surface area contributed by atoms with Gasteiger partial charge in [0.05, 0.1) is 14.2 Å². The molecule has 0 amide bonds. The van der Waals surface area contributed by atoms with Crippen LogP contribution < -0.4 is 21.1 Å². The van der Waals surface area contributed by atoms with Gasteiger partial charge >= 0.3 is 0 Å². The number of nitrogens with zero attached hydrogens (tertiary/aromatic N) is 2. The molecule has 6 nitrogen and oxygen atoms in total. The normalized spacial score (nSPS) is 11.0. The molecular formula is C14H19BrN4O2. The van der Waals surface area contributed by atoms with Gasteiger partial charge in [-0.25, -0.2) is 9.66 Å². The van der Waals surface area contributed by atoms with E-state index in [0.29, 0.717) is 23.0 Å². The summed E-state index contributed by atoms with van der Waals surface area (Å²) >= 11 is 3.51. The summed E-state index contributed by atoms with van der Waals surface area (Å²) in [6, 6.07) is 3.64. The summed E-state index contributed by atoms with van der Waals surface area (Å²) in [7, 11) is 3.17. The zero-order valence-corrected chi connectivity index (χ0v) is 14.1. The summed E-state index contributed by atoms with van der Waals surface area (Å²) in [4.78, 5) is 4.56. The van der Waals surface area contributed by atoms with Crippen LogP contribution in [0.5, 0.6) is 11.5 Å². The second kappa shape index (κ2) is 5.85. The highest BCUT2D eigenvalue weighted by Crippen LogP contribution is 2.40. The van der Waals surface area contributed by atoms with Gasteiger partial charge in [-0.05, 0) is 28.1 Å². The number of halogens is 1. The first-order chi connectivity index (χ1) is 9.90. The van der Waals surface area contributed by atoms with E-state index in [2.05, 4.69) is 20.9 Å². The Bertz CT molecular complexity index is 667. The fourth-order valence-corrected chi connectivity index (χ4v) is 2.61. The molecule has 0 bridgehead atoms. The molecule has 0 saturated carbocycles.